The fourth-order valence-corrected chi connectivity index (χ4v) is 4.80. The molecule has 0 aliphatic carbocycles. The number of aliphatic carboxylic acids is 1. The number of alkyl halides is 3. The molecule has 38 heavy (non-hydrogen) atoms. The molecule has 6 nitrogen and oxygen atoms in total. The molecule has 1 unspecified atom stereocenters. The monoisotopic (exact) mass is 534 g/mol. The quantitative estimate of drug-likeness (QED) is 0.337. The Morgan fingerprint density at radius 2 is 1.74 bits per heavy atom. The Labute approximate surface area is 222 Å². The second-order valence-corrected chi connectivity index (χ2v) is 10.6. The lowest BCUT2D eigenvalue weighted by Gasteiger charge is -2.35. The molecule has 2 N–H and O–H groups in total. The Morgan fingerprint density at radius 1 is 1.08 bits per heavy atom. The summed E-state index contributed by atoms with van der Waals surface area (Å²) in [5, 5.41) is 12.3. The maximum Gasteiger partial charge on any atom is 0.416 e. The van der Waals surface area contributed by atoms with Gasteiger partial charge in [-0.05, 0) is 87.3 Å². The highest BCUT2D eigenvalue weighted by Gasteiger charge is 2.42. The molecule has 208 valence electrons. The summed E-state index contributed by atoms with van der Waals surface area (Å²) in [6.45, 7) is 5.56. The van der Waals surface area contributed by atoms with E-state index in [1.165, 1.54) is 26.0 Å². The maximum absolute atomic E-state index is 13.0. The third-order valence-electron chi connectivity index (χ3n) is 7.31. The molecule has 9 heteroatoms. The number of aryl methyl sites for hydroxylation is 2. The van der Waals surface area contributed by atoms with E-state index in [2.05, 4.69) is 18.3 Å². The van der Waals surface area contributed by atoms with Crippen molar-refractivity contribution in [2.24, 2.45) is 0 Å². The third kappa shape index (κ3) is 6.99. The van der Waals surface area contributed by atoms with Crippen LogP contribution >= 0.6 is 0 Å². The number of likely N-dealkylation sites (N-methyl/N-ethyl adjacent to an activating group) is 1. The van der Waals surface area contributed by atoms with E-state index in [0.29, 0.717) is 25.1 Å². The van der Waals surface area contributed by atoms with Crippen LogP contribution in [-0.2, 0) is 30.2 Å². The van der Waals surface area contributed by atoms with Crippen LogP contribution in [0.15, 0.2) is 42.5 Å². The minimum absolute atomic E-state index is 0.193. The molecule has 2 aromatic carbocycles. The SMILES string of the molecule is CCCCc1cc(CCCC2(Cc3ccc(C(F)(F)F)cc3)CNC(=O)N2C)ccc1OC(C)(C)C(=O)O. The Morgan fingerprint density at radius 3 is 2.29 bits per heavy atom. The molecule has 0 spiro atoms. The van der Waals surface area contributed by atoms with Gasteiger partial charge in [0.1, 0.15) is 5.75 Å². The van der Waals surface area contributed by atoms with Gasteiger partial charge in [-0.25, -0.2) is 9.59 Å². The lowest BCUT2D eigenvalue weighted by atomic mass is 9.84. The van der Waals surface area contributed by atoms with E-state index in [1.54, 1.807) is 11.9 Å². The van der Waals surface area contributed by atoms with Gasteiger partial charge in [-0.3, -0.25) is 0 Å². The van der Waals surface area contributed by atoms with Gasteiger partial charge in [0.25, 0.3) is 0 Å². The highest BCUT2D eigenvalue weighted by Crippen LogP contribution is 2.33. The number of carbonyl (C=O) groups excluding carboxylic acids is 1. The number of urea groups is 1. The van der Waals surface area contributed by atoms with Crippen LogP contribution in [0.5, 0.6) is 5.75 Å². The summed E-state index contributed by atoms with van der Waals surface area (Å²) < 4.78 is 44.8. The van der Waals surface area contributed by atoms with Gasteiger partial charge in [-0.2, -0.15) is 13.2 Å². The molecule has 1 heterocycles. The van der Waals surface area contributed by atoms with Crippen molar-refractivity contribution in [2.75, 3.05) is 13.6 Å². The number of nitrogens with one attached hydrogen (secondary N) is 1. The van der Waals surface area contributed by atoms with Crippen LogP contribution in [-0.4, -0.2) is 46.7 Å². The van der Waals surface area contributed by atoms with Gasteiger partial charge < -0.3 is 20.1 Å². The standard InChI is InChI=1S/C29H37F3N2O4/c1-5-6-9-22-17-20(12-15-24(22)38-27(2,3)25(35)36)8-7-16-28(19-33-26(37)34(28)4)18-21-10-13-23(14-11-21)29(30,31)32/h10-15,17H,5-9,16,18-19H2,1-4H3,(H,33,37)(H,35,36). The van der Waals surface area contributed by atoms with Gasteiger partial charge in [-0.1, -0.05) is 37.6 Å². The van der Waals surface area contributed by atoms with E-state index in [1.807, 2.05) is 12.1 Å². The minimum atomic E-state index is -4.39. The number of amides is 2. The van der Waals surface area contributed by atoms with Crippen molar-refractivity contribution in [3.63, 3.8) is 0 Å². The lowest BCUT2D eigenvalue weighted by molar-refractivity contribution is -0.152. The van der Waals surface area contributed by atoms with Crippen LogP contribution in [0, 0.1) is 0 Å². The van der Waals surface area contributed by atoms with Crippen molar-refractivity contribution in [1.82, 2.24) is 10.2 Å². The fourth-order valence-electron chi connectivity index (χ4n) is 4.80. The topological polar surface area (TPSA) is 78.9 Å². The van der Waals surface area contributed by atoms with Crippen LogP contribution in [0.3, 0.4) is 0 Å². The Balaban J connectivity index is 1.74. The normalized spacial score (nSPS) is 18.0. The summed E-state index contributed by atoms with van der Waals surface area (Å²) in [4.78, 5) is 25.6. The van der Waals surface area contributed by atoms with Crippen LogP contribution in [0.4, 0.5) is 18.0 Å². The minimum Gasteiger partial charge on any atom is -0.478 e. The summed E-state index contributed by atoms with van der Waals surface area (Å²) in [5.74, 6) is -0.469. The number of unbranched alkanes of at least 4 members (excludes halogenated alkanes) is 1. The number of carboxylic acid groups (broad SMARTS) is 1. The first kappa shape index (κ1) is 29.3. The van der Waals surface area contributed by atoms with Crippen molar-refractivity contribution < 1.29 is 32.6 Å². The second-order valence-electron chi connectivity index (χ2n) is 10.6. The van der Waals surface area contributed by atoms with Crippen molar-refractivity contribution in [1.29, 1.82) is 0 Å². The first-order valence-corrected chi connectivity index (χ1v) is 13.0. The Bertz CT molecular complexity index is 1130. The lowest BCUT2D eigenvalue weighted by Crippen LogP contribution is -2.46. The molecule has 1 fully saturated rings. The van der Waals surface area contributed by atoms with Gasteiger partial charge in [0.2, 0.25) is 0 Å². The molecule has 3 rings (SSSR count). The van der Waals surface area contributed by atoms with Gasteiger partial charge in [-0.15, -0.1) is 0 Å². The summed E-state index contributed by atoms with van der Waals surface area (Å²) in [7, 11) is 1.73. The molecule has 2 amide bonds. The zero-order valence-electron chi connectivity index (χ0n) is 22.5. The molecule has 1 saturated heterocycles. The Kier molecular flexibility index (Phi) is 9.00. The molecule has 0 aromatic heterocycles. The van der Waals surface area contributed by atoms with Gasteiger partial charge in [0, 0.05) is 13.6 Å². The molecule has 1 aliphatic rings. The number of hydrogen-bond acceptors (Lipinski definition) is 3. The smallest absolute Gasteiger partial charge is 0.416 e. The predicted molar refractivity (Wildman–Crippen MR) is 139 cm³/mol. The van der Waals surface area contributed by atoms with Gasteiger partial charge >= 0.3 is 18.2 Å². The van der Waals surface area contributed by atoms with Gasteiger partial charge in [0.15, 0.2) is 5.60 Å². The highest BCUT2D eigenvalue weighted by atomic mass is 19.4. The van der Waals surface area contributed by atoms with E-state index in [9.17, 15) is 27.9 Å². The van der Waals surface area contributed by atoms with Crippen LogP contribution in [0.2, 0.25) is 0 Å². The number of carbonyl (C=O) groups is 2. The number of carboxylic acids is 1. The summed E-state index contributed by atoms with van der Waals surface area (Å²) in [6.07, 6.45) is 0.920. The second kappa shape index (κ2) is 11.7. The molecule has 1 aliphatic heterocycles. The molecular weight excluding hydrogens is 497 g/mol. The predicted octanol–water partition coefficient (Wildman–Crippen LogP) is 6.25. The first-order valence-electron chi connectivity index (χ1n) is 13.0. The van der Waals surface area contributed by atoms with E-state index in [-0.39, 0.29) is 6.03 Å². The number of rotatable bonds is 12. The Hall–Kier alpha value is -3.23. The highest BCUT2D eigenvalue weighted by molar-refractivity contribution is 5.78. The van der Waals surface area contributed by atoms with Crippen LogP contribution in [0.1, 0.15) is 68.7 Å². The largest absolute Gasteiger partial charge is 0.478 e. The van der Waals surface area contributed by atoms with Crippen molar-refractivity contribution >= 4 is 12.0 Å². The van der Waals surface area contributed by atoms with Crippen LogP contribution in [0.25, 0.3) is 0 Å². The number of nitrogens with zero attached hydrogens (tertiary/aromatic N) is 1. The molecular formula is C29H37F3N2O4. The van der Waals surface area contributed by atoms with Crippen molar-refractivity contribution in [3.8, 4) is 5.75 Å². The van der Waals surface area contributed by atoms with Crippen LogP contribution < -0.4 is 10.1 Å². The third-order valence-corrected chi connectivity index (χ3v) is 7.31. The summed E-state index contributed by atoms with van der Waals surface area (Å²) in [6, 6.07) is 10.8. The molecule has 0 saturated carbocycles. The average molecular weight is 535 g/mol. The van der Waals surface area contributed by atoms with E-state index < -0.39 is 28.8 Å². The zero-order valence-corrected chi connectivity index (χ0v) is 22.5. The van der Waals surface area contributed by atoms with Crippen molar-refractivity contribution in [3.05, 3.63) is 64.7 Å². The molecule has 1 atom stereocenters. The van der Waals surface area contributed by atoms with E-state index in [4.69, 9.17) is 4.74 Å². The van der Waals surface area contributed by atoms with E-state index >= 15 is 0 Å². The molecule has 0 radical (unpaired) electrons. The maximum atomic E-state index is 13.0. The number of hydrogen-bond donors (Lipinski definition) is 2. The zero-order chi connectivity index (χ0) is 28.1. The van der Waals surface area contributed by atoms with Crippen molar-refractivity contribution in [2.45, 2.75) is 83.0 Å². The average Bonchev–Trinajstić information content (AvgIpc) is 3.12. The fraction of sp³-hybridized carbons (Fsp3) is 0.517. The van der Waals surface area contributed by atoms with Gasteiger partial charge in [0.05, 0.1) is 11.1 Å². The number of benzene rings is 2. The first-order chi connectivity index (χ1) is 17.8. The number of ether oxygens (including phenoxy) is 1. The number of halogens is 3. The summed E-state index contributed by atoms with van der Waals surface area (Å²) in [5.41, 5.74) is 0.207. The summed E-state index contributed by atoms with van der Waals surface area (Å²) >= 11 is 0. The molecule has 0 bridgehead atoms. The molecule has 2 aromatic rings. The van der Waals surface area contributed by atoms with E-state index in [0.717, 1.165) is 60.9 Å².